The van der Waals surface area contributed by atoms with E-state index in [-0.39, 0.29) is 6.61 Å². The molecule has 2 N–H and O–H groups in total. The van der Waals surface area contributed by atoms with Crippen LogP contribution in [0.2, 0.25) is 0 Å². The molecule has 0 bridgehead atoms. The third-order valence-corrected chi connectivity index (χ3v) is 2.43. The number of hydrogen-bond donors (Lipinski definition) is 2. The van der Waals surface area contributed by atoms with Gasteiger partial charge in [0.1, 0.15) is 5.75 Å². The van der Waals surface area contributed by atoms with E-state index < -0.39 is 6.10 Å². The van der Waals surface area contributed by atoms with Gasteiger partial charge >= 0.3 is 0 Å². The van der Waals surface area contributed by atoms with Crippen LogP contribution in [0.1, 0.15) is 18.4 Å². The second-order valence-electron chi connectivity index (χ2n) is 3.88. The molecule has 0 aliphatic heterocycles. The van der Waals surface area contributed by atoms with E-state index in [1.807, 2.05) is 24.3 Å². The van der Waals surface area contributed by atoms with Gasteiger partial charge in [-0.15, -0.1) is 0 Å². The van der Waals surface area contributed by atoms with Crippen LogP contribution < -0.4 is 4.74 Å². The topological polar surface area (TPSA) is 58.9 Å². The van der Waals surface area contributed by atoms with Gasteiger partial charge < -0.3 is 19.7 Å². The van der Waals surface area contributed by atoms with Crippen LogP contribution in [0.15, 0.2) is 24.3 Å². The Balaban J connectivity index is 2.21. The lowest BCUT2D eigenvalue weighted by Crippen LogP contribution is -2.15. The highest BCUT2D eigenvalue weighted by Gasteiger charge is 2.03. The molecule has 0 aliphatic carbocycles. The van der Waals surface area contributed by atoms with Crippen LogP contribution in [-0.4, -0.2) is 36.6 Å². The fourth-order valence-electron chi connectivity index (χ4n) is 1.44. The maximum absolute atomic E-state index is 9.48. The minimum absolute atomic E-state index is 0.107. The van der Waals surface area contributed by atoms with Gasteiger partial charge in [0, 0.05) is 6.61 Å². The number of aliphatic hydroxyl groups excluding tert-OH is 2. The summed E-state index contributed by atoms with van der Waals surface area (Å²) in [5, 5.41) is 18.1. The molecule has 1 aromatic carbocycles. The molecule has 0 aliphatic rings. The van der Waals surface area contributed by atoms with Crippen molar-refractivity contribution in [2.24, 2.45) is 0 Å². The predicted molar refractivity (Wildman–Crippen MR) is 65.0 cm³/mol. The molecule has 0 spiro atoms. The molecule has 17 heavy (non-hydrogen) atoms. The van der Waals surface area contributed by atoms with Gasteiger partial charge in [-0.1, -0.05) is 12.1 Å². The Labute approximate surface area is 102 Å². The molecule has 4 nitrogen and oxygen atoms in total. The Morgan fingerprint density at radius 2 is 1.94 bits per heavy atom. The summed E-state index contributed by atoms with van der Waals surface area (Å²) in [5.74, 6) is 0.816. The Morgan fingerprint density at radius 1 is 1.24 bits per heavy atom. The van der Waals surface area contributed by atoms with Crippen LogP contribution in [0.4, 0.5) is 0 Å². The van der Waals surface area contributed by atoms with E-state index in [1.54, 1.807) is 7.11 Å². The van der Waals surface area contributed by atoms with Gasteiger partial charge in [0.05, 0.1) is 26.4 Å². The molecule has 96 valence electrons. The molecular weight excluding hydrogens is 220 g/mol. The first-order valence-corrected chi connectivity index (χ1v) is 5.76. The van der Waals surface area contributed by atoms with Gasteiger partial charge in [-0.25, -0.2) is 0 Å². The average molecular weight is 240 g/mol. The second-order valence-corrected chi connectivity index (χ2v) is 3.88. The summed E-state index contributed by atoms with van der Waals surface area (Å²) < 4.78 is 10.4. The van der Waals surface area contributed by atoms with E-state index >= 15 is 0 Å². The van der Waals surface area contributed by atoms with Gasteiger partial charge in [-0.05, 0) is 30.5 Å². The molecule has 0 fully saturated rings. The fourth-order valence-corrected chi connectivity index (χ4v) is 1.44. The van der Waals surface area contributed by atoms with E-state index in [0.717, 1.165) is 11.3 Å². The number of methoxy groups -OCH3 is 1. The highest BCUT2D eigenvalue weighted by atomic mass is 16.5. The van der Waals surface area contributed by atoms with Gasteiger partial charge in [0.15, 0.2) is 0 Å². The smallest absolute Gasteiger partial charge is 0.118 e. The largest absolute Gasteiger partial charge is 0.497 e. The molecule has 0 heterocycles. The molecule has 0 aromatic heterocycles. The molecule has 1 atom stereocenters. The molecular formula is C13H20O4. The molecule has 1 rings (SSSR count). The van der Waals surface area contributed by atoms with Gasteiger partial charge in [0.25, 0.3) is 0 Å². The minimum Gasteiger partial charge on any atom is -0.497 e. The second kappa shape index (κ2) is 8.06. The van der Waals surface area contributed by atoms with Crippen molar-refractivity contribution in [2.45, 2.75) is 25.6 Å². The third-order valence-electron chi connectivity index (χ3n) is 2.43. The SMILES string of the molecule is COc1ccc(COC[C@@H](O)CCCO)cc1. The molecule has 0 saturated carbocycles. The van der Waals surface area contributed by atoms with Crippen LogP contribution in [0.5, 0.6) is 5.75 Å². The molecule has 0 radical (unpaired) electrons. The van der Waals surface area contributed by atoms with Crippen molar-refractivity contribution < 1.29 is 19.7 Å². The van der Waals surface area contributed by atoms with Crippen molar-refractivity contribution >= 4 is 0 Å². The Hall–Kier alpha value is -1.10. The molecule has 1 aromatic rings. The quantitative estimate of drug-likeness (QED) is 0.720. The van der Waals surface area contributed by atoms with E-state index in [2.05, 4.69) is 0 Å². The average Bonchev–Trinajstić information content (AvgIpc) is 2.37. The highest BCUT2D eigenvalue weighted by molar-refractivity contribution is 5.26. The number of rotatable bonds is 8. The predicted octanol–water partition coefficient (Wildman–Crippen LogP) is 1.35. The van der Waals surface area contributed by atoms with E-state index in [4.69, 9.17) is 14.6 Å². The van der Waals surface area contributed by atoms with Gasteiger partial charge in [-0.3, -0.25) is 0 Å². The maximum atomic E-state index is 9.48. The number of hydrogen-bond acceptors (Lipinski definition) is 4. The van der Waals surface area contributed by atoms with Gasteiger partial charge in [-0.2, -0.15) is 0 Å². The number of benzene rings is 1. The van der Waals surface area contributed by atoms with Crippen LogP contribution in [-0.2, 0) is 11.3 Å². The standard InChI is InChI=1S/C13H20O4/c1-16-13-6-4-11(5-7-13)9-17-10-12(15)3-2-8-14/h4-7,12,14-15H,2-3,8-10H2,1H3/t12-/m0/s1. The first-order chi connectivity index (χ1) is 8.26. The summed E-state index contributed by atoms with van der Waals surface area (Å²) in [6, 6.07) is 7.61. The zero-order valence-corrected chi connectivity index (χ0v) is 10.1. The van der Waals surface area contributed by atoms with Crippen LogP contribution in [0, 0.1) is 0 Å². The monoisotopic (exact) mass is 240 g/mol. The maximum Gasteiger partial charge on any atom is 0.118 e. The Kier molecular flexibility index (Phi) is 6.62. The van der Waals surface area contributed by atoms with Gasteiger partial charge in [0.2, 0.25) is 0 Å². The zero-order valence-electron chi connectivity index (χ0n) is 10.1. The van der Waals surface area contributed by atoms with Crippen LogP contribution in [0.3, 0.4) is 0 Å². The number of ether oxygens (including phenoxy) is 2. The van der Waals surface area contributed by atoms with E-state index in [1.165, 1.54) is 0 Å². The molecule has 0 unspecified atom stereocenters. The van der Waals surface area contributed by atoms with Crippen molar-refractivity contribution in [3.8, 4) is 5.75 Å². The first kappa shape index (κ1) is 14.0. The summed E-state index contributed by atoms with van der Waals surface area (Å²) in [6.07, 6.45) is 0.673. The normalized spacial score (nSPS) is 12.4. The van der Waals surface area contributed by atoms with Crippen molar-refractivity contribution in [3.63, 3.8) is 0 Å². The van der Waals surface area contributed by atoms with E-state index in [0.29, 0.717) is 26.1 Å². The first-order valence-electron chi connectivity index (χ1n) is 5.76. The fraction of sp³-hybridized carbons (Fsp3) is 0.538. The molecule has 4 heteroatoms. The summed E-state index contributed by atoms with van der Waals surface area (Å²) in [7, 11) is 1.63. The lowest BCUT2D eigenvalue weighted by Gasteiger charge is -2.10. The lowest BCUT2D eigenvalue weighted by atomic mass is 10.2. The zero-order chi connectivity index (χ0) is 12.5. The van der Waals surface area contributed by atoms with Crippen molar-refractivity contribution in [1.82, 2.24) is 0 Å². The Bertz CT molecular complexity index is 297. The highest BCUT2D eigenvalue weighted by Crippen LogP contribution is 2.12. The third kappa shape index (κ3) is 5.68. The summed E-state index contributed by atoms with van der Waals surface area (Å²) in [5.41, 5.74) is 1.04. The Morgan fingerprint density at radius 3 is 2.53 bits per heavy atom. The van der Waals surface area contributed by atoms with Crippen molar-refractivity contribution in [3.05, 3.63) is 29.8 Å². The van der Waals surface area contributed by atoms with E-state index in [9.17, 15) is 5.11 Å². The lowest BCUT2D eigenvalue weighted by molar-refractivity contribution is 0.0216. The minimum atomic E-state index is -0.500. The van der Waals surface area contributed by atoms with Crippen LogP contribution >= 0.6 is 0 Å². The molecule has 0 amide bonds. The summed E-state index contributed by atoms with van der Waals surface area (Å²) >= 11 is 0. The molecule has 0 saturated heterocycles. The number of aliphatic hydroxyl groups is 2. The summed E-state index contributed by atoms with van der Waals surface area (Å²) in [4.78, 5) is 0. The van der Waals surface area contributed by atoms with Crippen LogP contribution in [0.25, 0.3) is 0 Å². The van der Waals surface area contributed by atoms with Crippen molar-refractivity contribution in [2.75, 3.05) is 20.3 Å². The van der Waals surface area contributed by atoms with Crippen molar-refractivity contribution in [1.29, 1.82) is 0 Å². The summed E-state index contributed by atoms with van der Waals surface area (Å²) in [6.45, 7) is 0.877.